The summed E-state index contributed by atoms with van der Waals surface area (Å²) in [5.41, 5.74) is 5.56. The minimum absolute atomic E-state index is 0.199. The fourth-order valence-electron chi connectivity index (χ4n) is 2.56. The summed E-state index contributed by atoms with van der Waals surface area (Å²) in [5, 5.41) is 3.12. The number of fused-ring (bicyclic) bond motifs is 1. The highest BCUT2D eigenvalue weighted by atomic mass is 32.1. The van der Waals surface area contributed by atoms with Crippen molar-refractivity contribution in [2.75, 3.05) is 5.32 Å². The molecule has 0 spiro atoms. The SMILES string of the molecule is Cc1cc2c(=O)n(CC(=O)Nc3ccccc3C(N)=O)c(C)nc2s1. The van der Waals surface area contributed by atoms with Gasteiger partial charge in [0.05, 0.1) is 16.6 Å². The van der Waals surface area contributed by atoms with Crippen LogP contribution < -0.4 is 16.6 Å². The minimum Gasteiger partial charge on any atom is -0.366 e. The van der Waals surface area contributed by atoms with Gasteiger partial charge in [0.2, 0.25) is 5.91 Å². The van der Waals surface area contributed by atoms with Crippen LogP contribution in [0.5, 0.6) is 0 Å². The van der Waals surface area contributed by atoms with E-state index < -0.39 is 11.8 Å². The number of hydrogen-bond donors (Lipinski definition) is 2. The average Bonchev–Trinajstić information content (AvgIpc) is 2.92. The van der Waals surface area contributed by atoms with Crippen LogP contribution in [0.2, 0.25) is 0 Å². The van der Waals surface area contributed by atoms with Crippen molar-refractivity contribution in [3.05, 3.63) is 57.0 Å². The summed E-state index contributed by atoms with van der Waals surface area (Å²) in [5.74, 6) is -0.620. The summed E-state index contributed by atoms with van der Waals surface area (Å²) in [6, 6.07) is 8.21. The number of aromatic nitrogens is 2. The molecule has 1 aromatic carbocycles. The molecule has 0 saturated carbocycles. The highest BCUT2D eigenvalue weighted by Gasteiger charge is 2.15. The van der Waals surface area contributed by atoms with Crippen LogP contribution in [-0.4, -0.2) is 21.4 Å². The maximum atomic E-state index is 12.6. The molecular weight excluding hydrogens is 340 g/mol. The molecule has 0 fully saturated rings. The van der Waals surface area contributed by atoms with Gasteiger partial charge in [0.25, 0.3) is 11.5 Å². The lowest BCUT2D eigenvalue weighted by Crippen LogP contribution is -2.30. The number of para-hydroxylation sites is 1. The topological polar surface area (TPSA) is 107 Å². The first kappa shape index (κ1) is 16.8. The quantitative estimate of drug-likeness (QED) is 0.743. The maximum absolute atomic E-state index is 12.6. The predicted molar refractivity (Wildman–Crippen MR) is 96.9 cm³/mol. The van der Waals surface area contributed by atoms with Crippen molar-refractivity contribution >= 4 is 39.1 Å². The number of hydrogen-bond acceptors (Lipinski definition) is 5. The number of benzene rings is 1. The lowest BCUT2D eigenvalue weighted by molar-refractivity contribution is -0.116. The Kier molecular flexibility index (Phi) is 4.37. The van der Waals surface area contributed by atoms with Gasteiger partial charge in [-0.3, -0.25) is 19.0 Å². The van der Waals surface area contributed by atoms with E-state index in [1.165, 1.54) is 22.0 Å². The van der Waals surface area contributed by atoms with Crippen LogP contribution in [0.3, 0.4) is 0 Å². The highest BCUT2D eigenvalue weighted by molar-refractivity contribution is 7.18. The molecule has 0 saturated heterocycles. The largest absolute Gasteiger partial charge is 0.366 e. The van der Waals surface area contributed by atoms with Crippen LogP contribution in [0.1, 0.15) is 21.1 Å². The van der Waals surface area contributed by atoms with Crippen LogP contribution in [0.25, 0.3) is 10.2 Å². The molecule has 2 aromatic heterocycles. The van der Waals surface area contributed by atoms with E-state index in [1.54, 1.807) is 31.2 Å². The van der Waals surface area contributed by atoms with Crippen LogP contribution in [0.15, 0.2) is 35.1 Å². The molecule has 2 amide bonds. The summed E-state index contributed by atoms with van der Waals surface area (Å²) < 4.78 is 1.32. The third kappa shape index (κ3) is 3.29. The lowest BCUT2D eigenvalue weighted by Gasteiger charge is -2.11. The number of aryl methyl sites for hydroxylation is 2. The zero-order valence-corrected chi connectivity index (χ0v) is 14.5. The summed E-state index contributed by atoms with van der Waals surface area (Å²) >= 11 is 1.44. The maximum Gasteiger partial charge on any atom is 0.262 e. The summed E-state index contributed by atoms with van der Waals surface area (Å²) in [6.45, 7) is 3.38. The van der Waals surface area contributed by atoms with Gasteiger partial charge in [-0.2, -0.15) is 0 Å². The molecule has 2 heterocycles. The Morgan fingerprint density at radius 2 is 2.00 bits per heavy atom. The van der Waals surface area contributed by atoms with Crippen LogP contribution in [0, 0.1) is 13.8 Å². The van der Waals surface area contributed by atoms with E-state index >= 15 is 0 Å². The predicted octanol–water partition coefficient (Wildman–Crippen LogP) is 1.81. The third-order valence-electron chi connectivity index (χ3n) is 3.73. The molecule has 0 radical (unpaired) electrons. The summed E-state index contributed by atoms with van der Waals surface area (Å²) in [4.78, 5) is 42.4. The number of carbonyl (C=O) groups is 2. The van der Waals surface area contributed by atoms with Crippen LogP contribution >= 0.6 is 11.3 Å². The number of thiophene rings is 1. The fraction of sp³-hybridized carbons (Fsp3) is 0.176. The first-order valence-electron chi connectivity index (χ1n) is 7.53. The first-order chi connectivity index (χ1) is 11.9. The number of nitrogens with two attached hydrogens (primary N) is 1. The molecule has 0 aliphatic carbocycles. The van der Waals surface area contributed by atoms with E-state index in [0.717, 1.165) is 4.88 Å². The second-order valence-corrected chi connectivity index (χ2v) is 6.82. The second kappa shape index (κ2) is 6.48. The van der Waals surface area contributed by atoms with Crippen molar-refractivity contribution in [2.24, 2.45) is 5.73 Å². The minimum atomic E-state index is -0.638. The monoisotopic (exact) mass is 356 g/mol. The number of carbonyl (C=O) groups excluding carboxylic acids is 2. The number of anilines is 1. The molecule has 3 rings (SSSR count). The zero-order valence-electron chi connectivity index (χ0n) is 13.7. The van der Waals surface area contributed by atoms with Gasteiger partial charge < -0.3 is 11.1 Å². The van der Waals surface area contributed by atoms with Crippen molar-refractivity contribution in [1.82, 2.24) is 9.55 Å². The van der Waals surface area contributed by atoms with Crippen molar-refractivity contribution in [1.29, 1.82) is 0 Å². The van der Waals surface area contributed by atoms with Gasteiger partial charge in [0.1, 0.15) is 17.2 Å². The van der Waals surface area contributed by atoms with Gasteiger partial charge in [-0.05, 0) is 32.0 Å². The van der Waals surface area contributed by atoms with Crippen LogP contribution in [-0.2, 0) is 11.3 Å². The van der Waals surface area contributed by atoms with Gasteiger partial charge in [-0.15, -0.1) is 11.3 Å². The highest BCUT2D eigenvalue weighted by Crippen LogP contribution is 2.20. The number of amides is 2. The zero-order chi connectivity index (χ0) is 18.1. The Morgan fingerprint density at radius 3 is 2.72 bits per heavy atom. The van der Waals surface area contributed by atoms with E-state index in [2.05, 4.69) is 10.3 Å². The van der Waals surface area contributed by atoms with Crippen molar-refractivity contribution in [2.45, 2.75) is 20.4 Å². The summed E-state index contributed by atoms with van der Waals surface area (Å²) in [7, 11) is 0. The van der Waals surface area contributed by atoms with Crippen molar-refractivity contribution in [3.63, 3.8) is 0 Å². The Labute approximate surface area is 147 Å². The van der Waals surface area contributed by atoms with E-state index in [4.69, 9.17) is 5.73 Å². The lowest BCUT2D eigenvalue weighted by atomic mass is 10.1. The number of rotatable bonds is 4. The normalized spacial score (nSPS) is 10.8. The Morgan fingerprint density at radius 1 is 1.28 bits per heavy atom. The molecule has 0 unspecified atom stereocenters. The fourth-order valence-corrected chi connectivity index (χ4v) is 3.48. The second-order valence-electron chi connectivity index (χ2n) is 5.58. The number of nitrogens with one attached hydrogen (secondary N) is 1. The molecule has 0 aliphatic rings. The summed E-state index contributed by atoms with van der Waals surface area (Å²) in [6.07, 6.45) is 0. The average molecular weight is 356 g/mol. The van der Waals surface area contributed by atoms with Gasteiger partial charge in [-0.25, -0.2) is 4.98 Å². The smallest absolute Gasteiger partial charge is 0.262 e. The Hall–Kier alpha value is -3.00. The molecule has 128 valence electrons. The van der Waals surface area contributed by atoms with E-state index in [9.17, 15) is 14.4 Å². The molecule has 3 aromatic rings. The third-order valence-corrected chi connectivity index (χ3v) is 4.68. The van der Waals surface area contributed by atoms with Gasteiger partial charge in [0.15, 0.2) is 0 Å². The van der Waals surface area contributed by atoms with E-state index in [-0.39, 0.29) is 17.7 Å². The Bertz CT molecular complexity index is 1050. The number of nitrogens with zero attached hydrogens (tertiary/aromatic N) is 2. The van der Waals surface area contributed by atoms with Gasteiger partial charge in [0, 0.05) is 4.88 Å². The van der Waals surface area contributed by atoms with Crippen molar-refractivity contribution in [3.8, 4) is 0 Å². The van der Waals surface area contributed by atoms with Gasteiger partial charge >= 0.3 is 0 Å². The van der Waals surface area contributed by atoms with E-state index in [1.807, 2.05) is 6.92 Å². The molecule has 8 heteroatoms. The molecule has 7 nitrogen and oxygen atoms in total. The molecule has 0 bridgehead atoms. The molecule has 3 N–H and O–H groups in total. The van der Waals surface area contributed by atoms with Crippen LogP contribution in [0.4, 0.5) is 5.69 Å². The standard InChI is InChI=1S/C17H16N4O3S/c1-9-7-12-16(25-9)19-10(2)21(17(12)24)8-14(22)20-13-6-4-3-5-11(13)15(18)23/h3-7H,8H2,1-2H3,(H2,18,23)(H,20,22). The molecule has 25 heavy (non-hydrogen) atoms. The Balaban J connectivity index is 1.90. The van der Waals surface area contributed by atoms with Gasteiger partial charge in [-0.1, -0.05) is 12.1 Å². The number of primary amides is 1. The first-order valence-corrected chi connectivity index (χ1v) is 8.34. The van der Waals surface area contributed by atoms with E-state index in [0.29, 0.717) is 21.7 Å². The van der Waals surface area contributed by atoms with Crippen molar-refractivity contribution < 1.29 is 9.59 Å². The molecular formula is C17H16N4O3S. The molecule has 0 atom stereocenters. The molecule has 0 aliphatic heterocycles.